The summed E-state index contributed by atoms with van der Waals surface area (Å²) in [6, 6.07) is 6.73. The Morgan fingerprint density at radius 2 is 2.19 bits per heavy atom. The van der Waals surface area contributed by atoms with Crippen LogP contribution in [0, 0.1) is 12.8 Å². The van der Waals surface area contributed by atoms with Crippen LogP contribution in [0.3, 0.4) is 0 Å². The molecule has 2 rings (SSSR count). The highest BCUT2D eigenvalue weighted by Crippen LogP contribution is 2.39. The molecule has 88 valence electrons. The minimum Gasteiger partial charge on any atom is -0.310 e. The predicted octanol–water partition coefficient (Wildman–Crippen LogP) is 4.10. The highest BCUT2D eigenvalue weighted by atomic mass is 35.5. The minimum absolute atomic E-state index is 0.498. The number of benzene rings is 1. The summed E-state index contributed by atoms with van der Waals surface area (Å²) in [4.78, 5) is 0. The van der Waals surface area contributed by atoms with Crippen molar-refractivity contribution in [2.75, 3.05) is 6.54 Å². The third-order valence-corrected chi connectivity index (χ3v) is 3.86. The van der Waals surface area contributed by atoms with Gasteiger partial charge in [0.15, 0.2) is 0 Å². The van der Waals surface area contributed by atoms with E-state index < -0.39 is 0 Å². The molecule has 0 spiro atoms. The summed E-state index contributed by atoms with van der Waals surface area (Å²) >= 11 is 6.10. The van der Waals surface area contributed by atoms with E-state index in [0.717, 1.165) is 17.5 Å². The summed E-state index contributed by atoms with van der Waals surface area (Å²) in [6.07, 6.45) is 4.08. The van der Waals surface area contributed by atoms with Crippen molar-refractivity contribution in [2.45, 2.75) is 39.2 Å². The van der Waals surface area contributed by atoms with Crippen molar-refractivity contribution in [1.82, 2.24) is 5.32 Å². The molecule has 1 N–H and O–H groups in total. The highest BCUT2D eigenvalue weighted by molar-refractivity contribution is 6.30. The van der Waals surface area contributed by atoms with Gasteiger partial charge in [0.1, 0.15) is 0 Å². The van der Waals surface area contributed by atoms with Crippen molar-refractivity contribution in [3.05, 3.63) is 34.3 Å². The van der Waals surface area contributed by atoms with Crippen LogP contribution in [0.5, 0.6) is 0 Å². The molecule has 1 saturated carbocycles. The molecule has 1 atom stereocenters. The van der Waals surface area contributed by atoms with Gasteiger partial charge < -0.3 is 5.32 Å². The lowest BCUT2D eigenvalue weighted by molar-refractivity contribution is 0.232. The van der Waals surface area contributed by atoms with Gasteiger partial charge in [0.25, 0.3) is 0 Å². The summed E-state index contributed by atoms with van der Waals surface area (Å²) in [7, 11) is 0. The maximum atomic E-state index is 6.10. The van der Waals surface area contributed by atoms with E-state index in [2.05, 4.69) is 31.3 Å². The van der Waals surface area contributed by atoms with Crippen LogP contribution in [0.4, 0.5) is 0 Å². The second-order valence-electron chi connectivity index (χ2n) is 4.73. The number of nitrogens with one attached hydrogen (secondary N) is 1. The van der Waals surface area contributed by atoms with E-state index in [1.165, 1.54) is 30.4 Å². The molecule has 1 aliphatic carbocycles. The zero-order valence-electron chi connectivity index (χ0n) is 10.1. The van der Waals surface area contributed by atoms with Gasteiger partial charge in [-0.15, -0.1) is 0 Å². The van der Waals surface area contributed by atoms with Gasteiger partial charge in [-0.1, -0.05) is 31.0 Å². The SMILES string of the molecule is CCNC(c1cc(Cl)ccc1C)C1CCC1. The number of aryl methyl sites for hydroxylation is 1. The molecule has 16 heavy (non-hydrogen) atoms. The van der Waals surface area contributed by atoms with E-state index >= 15 is 0 Å². The summed E-state index contributed by atoms with van der Waals surface area (Å²) in [5.41, 5.74) is 2.74. The first-order valence-electron chi connectivity index (χ1n) is 6.21. The minimum atomic E-state index is 0.498. The van der Waals surface area contributed by atoms with Gasteiger partial charge in [-0.2, -0.15) is 0 Å². The largest absolute Gasteiger partial charge is 0.310 e. The average molecular weight is 238 g/mol. The molecule has 0 aliphatic heterocycles. The lowest BCUT2D eigenvalue weighted by atomic mass is 9.76. The third-order valence-electron chi connectivity index (χ3n) is 3.62. The number of rotatable bonds is 4. The van der Waals surface area contributed by atoms with E-state index in [1.54, 1.807) is 0 Å². The van der Waals surface area contributed by atoms with Crippen molar-refractivity contribution < 1.29 is 0 Å². The van der Waals surface area contributed by atoms with Crippen molar-refractivity contribution in [3.8, 4) is 0 Å². The number of halogens is 1. The van der Waals surface area contributed by atoms with Gasteiger partial charge in [-0.25, -0.2) is 0 Å². The average Bonchev–Trinajstić information content (AvgIpc) is 2.18. The third kappa shape index (κ3) is 2.41. The molecule has 1 unspecified atom stereocenters. The molecular formula is C14H20ClN. The van der Waals surface area contributed by atoms with E-state index in [-0.39, 0.29) is 0 Å². The summed E-state index contributed by atoms with van der Waals surface area (Å²) < 4.78 is 0. The van der Waals surface area contributed by atoms with Crippen molar-refractivity contribution in [1.29, 1.82) is 0 Å². The molecule has 0 aromatic heterocycles. The second-order valence-corrected chi connectivity index (χ2v) is 5.16. The molecule has 1 aromatic rings. The lowest BCUT2D eigenvalue weighted by Crippen LogP contribution is -2.32. The van der Waals surface area contributed by atoms with Crippen LogP contribution in [0.1, 0.15) is 43.4 Å². The van der Waals surface area contributed by atoms with E-state index in [1.807, 2.05) is 6.07 Å². The molecule has 1 aliphatic rings. The Balaban J connectivity index is 2.25. The van der Waals surface area contributed by atoms with Crippen molar-refractivity contribution in [2.24, 2.45) is 5.92 Å². The van der Waals surface area contributed by atoms with Crippen LogP contribution in [0.25, 0.3) is 0 Å². The molecule has 0 saturated heterocycles. The normalized spacial score (nSPS) is 18.2. The first-order chi connectivity index (χ1) is 7.72. The number of hydrogen-bond donors (Lipinski definition) is 1. The standard InChI is InChI=1S/C14H20ClN/c1-3-16-14(11-5-4-6-11)13-9-12(15)8-7-10(13)2/h7-9,11,14,16H,3-6H2,1-2H3. The molecule has 0 heterocycles. The Morgan fingerprint density at radius 1 is 1.44 bits per heavy atom. The lowest BCUT2D eigenvalue weighted by Gasteiger charge is -2.35. The van der Waals surface area contributed by atoms with Crippen LogP contribution in [-0.4, -0.2) is 6.54 Å². The topological polar surface area (TPSA) is 12.0 Å². The van der Waals surface area contributed by atoms with E-state index in [4.69, 9.17) is 11.6 Å². The smallest absolute Gasteiger partial charge is 0.0409 e. The van der Waals surface area contributed by atoms with Crippen molar-refractivity contribution in [3.63, 3.8) is 0 Å². The maximum Gasteiger partial charge on any atom is 0.0409 e. The van der Waals surface area contributed by atoms with Gasteiger partial charge in [0.2, 0.25) is 0 Å². The highest BCUT2D eigenvalue weighted by Gasteiger charge is 2.28. The molecular weight excluding hydrogens is 218 g/mol. The fraction of sp³-hybridized carbons (Fsp3) is 0.571. The molecule has 0 radical (unpaired) electrons. The second kappa shape index (κ2) is 5.20. The van der Waals surface area contributed by atoms with Gasteiger partial charge in [-0.05, 0) is 55.5 Å². The Morgan fingerprint density at radius 3 is 2.75 bits per heavy atom. The summed E-state index contributed by atoms with van der Waals surface area (Å²) in [5.74, 6) is 0.803. The zero-order chi connectivity index (χ0) is 11.5. The van der Waals surface area contributed by atoms with Crippen LogP contribution in [-0.2, 0) is 0 Å². The van der Waals surface area contributed by atoms with Crippen molar-refractivity contribution >= 4 is 11.6 Å². The molecule has 1 fully saturated rings. The fourth-order valence-corrected chi connectivity index (χ4v) is 2.65. The maximum absolute atomic E-state index is 6.10. The zero-order valence-corrected chi connectivity index (χ0v) is 10.8. The predicted molar refractivity (Wildman–Crippen MR) is 69.9 cm³/mol. The Labute approximate surface area is 103 Å². The quantitative estimate of drug-likeness (QED) is 0.832. The first-order valence-corrected chi connectivity index (χ1v) is 6.59. The number of hydrogen-bond acceptors (Lipinski definition) is 1. The summed E-state index contributed by atoms with van der Waals surface area (Å²) in [5, 5.41) is 4.46. The Hall–Kier alpha value is -0.530. The van der Waals surface area contributed by atoms with Crippen LogP contribution in [0.15, 0.2) is 18.2 Å². The van der Waals surface area contributed by atoms with Crippen LogP contribution in [0.2, 0.25) is 5.02 Å². The fourth-order valence-electron chi connectivity index (χ4n) is 2.47. The Bertz CT molecular complexity index is 358. The first kappa shape index (κ1) is 11.9. The monoisotopic (exact) mass is 237 g/mol. The van der Waals surface area contributed by atoms with Gasteiger partial charge in [0.05, 0.1) is 0 Å². The van der Waals surface area contributed by atoms with E-state index in [0.29, 0.717) is 6.04 Å². The van der Waals surface area contributed by atoms with Gasteiger partial charge in [-0.3, -0.25) is 0 Å². The summed E-state index contributed by atoms with van der Waals surface area (Å²) in [6.45, 7) is 5.37. The molecule has 1 nitrogen and oxygen atoms in total. The van der Waals surface area contributed by atoms with Gasteiger partial charge >= 0.3 is 0 Å². The van der Waals surface area contributed by atoms with Gasteiger partial charge in [0, 0.05) is 11.1 Å². The molecule has 1 aromatic carbocycles. The molecule has 2 heteroatoms. The Kier molecular flexibility index (Phi) is 3.88. The molecule has 0 amide bonds. The van der Waals surface area contributed by atoms with Crippen LogP contribution >= 0.6 is 11.6 Å². The van der Waals surface area contributed by atoms with Crippen LogP contribution < -0.4 is 5.32 Å². The molecule has 0 bridgehead atoms. The van der Waals surface area contributed by atoms with E-state index in [9.17, 15) is 0 Å².